The van der Waals surface area contributed by atoms with Gasteiger partial charge in [0, 0.05) is 19.8 Å². The Balaban J connectivity index is 2.27. The summed E-state index contributed by atoms with van der Waals surface area (Å²) < 4.78 is 1.79. The van der Waals surface area contributed by atoms with Crippen LogP contribution in [0.25, 0.3) is 0 Å². The van der Waals surface area contributed by atoms with Gasteiger partial charge in [-0.15, -0.1) is 5.92 Å². The lowest BCUT2D eigenvalue weighted by Crippen LogP contribution is -2.13. The Morgan fingerprint density at radius 1 is 1.67 bits per heavy atom. The Bertz CT molecular complexity index is 290. The van der Waals surface area contributed by atoms with E-state index in [1.807, 2.05) is 26.2 Å². The van der Waals surface area contributed by atoms with Crippen molar-refractivity contribution < 1.29 is 0 Å². The van der Waals surface area contributed by atoms with Crippen LogP contribution in [0.3, 0.4) is 0 Å². The molecule has 0 aromatic carbocycles. The molecule has 0 radical (unpaired) electrons. The lowest BCUT2D eigenvalue weighted by atomic mass is 10.4. The summed E-state index contributed by atoms with van der Waals surface area (Å²) in [6.45, 7) is 3.35. The van der Waals surface area contributed by atoms with Gasteiger partial charge in [0.05, 0.1) is 12.2 Å². The Kier molecular flexibility index (Phi) is 3.36. The van der Waals surface area contributed by atoms with Crippen LogP contribution >= 0.6 is 0 Å². The van der Waals surface area contributed by atoms with Gasteiger partial charge in [-0.05, 0) is 13.0 Å². The molecule has 1 rings (SSSR count). The molecule has 1 heterocycles. The van der Waals surface area contributed by atoms with Gasteiger partial charge in [-0.2, -0.15) is 5.10 Å². The molecule has 3 heteroatoms. The Hall–Kier alpha value is -1.27. The van der Waals surface area contributed by atoms with Crippen molar-refractivity contribution in [1.29, 1.82) is 0 Å². The lowest BCUT2D eigenvalue weighted by molar-refractivity contribution is 0.696. The molecule has 0 aliphatic heterocycles. The standard InChI is InChI=1S/C9H13N3/c1-3-4-6-10-8-9-5-7-12(2)11-9/h5,7,10H,6,8H2,1-2H3. The van der Waals surface area contributed by atoms with Crippen molar-refractivity contribution in [3.63, 3.8) is 0 Å². The molecule has 1 aromatic rings. The zero-order chi connectivity index (χ0) is 8.81. The van der Waals surface area contributed by atoms with Crippen molar-refractivity contribution in [2.75, 3.05) is 6.54 Å². The average molecular weight is 163 g/mol. The first kappa shape index (κ1) is 8.82. The highest BCUT2D eigenvalue weighted by Gasteiger charge is 1.93. The number of rotatable bonds is 3. The zero-order valence-corrected chi connectivity index (χ0v) is 7.46. The van der Waals surface area contributed by atoms with Gasteiger partial charge in [-0.1, -0.05) is 5.92 Å². The second kappa shape index (κ2) is 4.58. The number of hydrogen-bond acceptors (Lipinski definition) is 2. The number of nitrogens with one attached hydrogen (secondary N) is 1. The first-order chi connectivity index (χ1) is 5.83. The molecule has 0 aliphatic rings. The van der Waals surface area contributed by atoms with E-state index in [2.05, 4.69) is 22.3 Å². The summed E-state index contributed by atoms with van der Waals surface area (Å²) in [5.41, 5.74) is 1.05. The molecule has 0 spiro atoms. The Morgan fingerprint density at radius 3 is 3.08 bits per heavy atom. The smallest absolute Gasteiger partial charge is 0.0762 e. The second-order valence-electron chi connectivity index (χ2n) is 2.51. The van der Waals surface area contributed by atoms with Crippen molar-refractivity contribution in [2.45, 2.75) is 13.5 Å². The fourth-order valence-electron chi connectivity index (χ4n) is 0.899. The Morgan fingerprint density at radius 2 is 2.50 bits per heavy atom. The highest BCUT2D eigenvalue weighted by atomic mass is 15.3. The van der Waals surface area contributed by atoms with Gasteiger partial charge in [0.15, 0.2) is 0 Å². The van der Waals surface area contributed by atoms with Gasteiger partial charge in [-0.25, -0.2) is 0 Å². The number of hydrogen-bond donors (Lipinski definition) is 1. The van der Waals surface area contributed by atoms with Crippen LogP contribution in [0.15, 0.2) is 12.3 Å². The predicted molar refractivity (Wildman–Crippen MR) is 48.4 cm³/mol. The minimum absolute atomic E-state index is 0.729. The van der Waals surface area contributed by atoms with E-state index < -0.39 is 0 Å². The van der Waals surface area contributed by atoms with E-state index in [9.17, 15) is 0 Å². The van der Waals surface area contributed by atoms with Gasteiger partial charge in [0.25, 0.3) is 0 Å². The Labute approximate surface area is 72.8 Å². The number of aromatic nitrogens is 2. The molecule has 12 heavy (non-hydrogen) atoms. The summed E-state index contributed by atoms with van der Waals surface area (Å²) in [7, 11) is 1.91. The normalized spacial score (nSPS) is 9.17. The highest BCUT2D eigenvalue weighted by Crippen LogP contribution is 1.91. The molecule has 0 saturated carbocycles. The molecule has 0 atom stereocenters. The average Bonchev–Trinajstić information content (AvgIpc) is 2.45. The molecular formula is C9H13N3. The van der Waals surface area contributed by atoms with Crippen LogP contribution < -0.4 is 5.32 Å². The monoisotopic (exact) mass is 163 g/mol. The molecular weight excluding hydrogens is 150 g/mol. The van der Waals surface area contributed by atoms with Crippen molar-refractivity contribution in [2.24, 2.45) is 7.05 Å². The van der Waals surface area contributed by atoms with Crippen LogP contribution in [0.1, 0.15) is 12.6 Å². The maximum atomic E-state index is 4.21. The maximum absolute atomic E-state index is 4.21. The summed E-state index contributed by atoms with van der Waals surface area (Å²) in [5, 5.41) is 7.38. The molecule has 0 bridgehead atoms. The van der Waals surface area contributed by atoms with E-state index in [4.69, 9.17) is 0 Å². The molecule has 64 valence electrons. The SMILES string of the molecule is CC#CCNCc1ccn(C)n1. The topological polar surface area (TPSA) is 29.9 Å². The third kappa shape index (κ3) is 2.77. The van der Waals surface area contributed by atoms with Crippen LogP contribution in [0.5, 0.6) is 0 Å². The van der Waals surface area contributed by atoms with E-state index in [0.717, 1.165) is 18.8 Å². The predicted octanol–water partition coefficient (Wildman–Crippen LogP) is 0.533. The molecule has 0 amide bonds. The minimum Gasteiger partial charge on any atom is -0.300 e. The van der Waals surface area contributed by atoms with Gasteiger partial charge in [-0.3, -0.25) is 4.68 Å². The fourth-order valence-corrected chi connectivity index (χ4v) is 0.899. The second-order valence-corrected chi connectivity index (χ2v) is 2.51. The van der Waals surface area contributed by atoms with Crippen molar-refractivity contribution in [3.05, 3.63) is 18.0 Å². The molecule has 0 unspecified atom stereocenters. The first-order valence-electron chi connectivity index (χ1n) is 3.92. The molecule has 0 aliphatic carbocycles. The van der Waals surface area contributed by atoms with E-state index in [-0.39, 0.29) is 0 Å². The number of nitrogens with zero attached hydrogens (tertiary/aromatic N) is 2. The molecule has 1 aromatic heterocycles. The quantitative estimate of drug-likeness (QED) is 0.520. The summed E-state index contributed by atoms with van der Waals surface area (Å²) in [6.07, 6.45) is 1.93. The van der Waals surface area contributed by atoms with Crippen LogP contribution in [0, 0.1) is 11.8 Å². The molecule has 3 nitrogen and oxygen atoms in total. The van der Waals surface area contributed by atoms with Crippen LogP contribution in [-0.4, -0.2) is 16.3 Å². The first-order valence-corrected chi connectivity index (χ1v) is 3.92. The van der Waals surface area contributed by atoms with E-state index in [0.29, 0.717) is 0 Å². The summed E-state index contributed by atoms with van der Waals surface area (Å²) in [6, 6.07) is 1.99. The van der Waals surface area contributed by atoms with E-state index in [1.165, 1.54) is 0 Å². The van der Waals surface area contributed by atoms with E-state index in [1.54, 1.807) is 4.68 Å². The van der Waals surface area contributed by atoms with Gasteiger partial charge in [0.1, 0.15) is 0 Å². The third-order valence-electron chi connectivity index (χ3n) is 1.47. The fraction of sp³-hybridized carbons (Fsp3) is 0.444. The van der Waals surface area contributed by atoms with E-state index >= 15 is 0 Å². The van der Waals surface area contributed by atoms with Gasteiger partial charge < -0.3 is 5.32 Å². The largest absolute Gasteiger partial charge is 0.300 e. The maximum Gasteiger partial charge on any atom is 0.0762 e. The van der Waals surface area contributed by atoms with Crippen LogP contribution in [-0.2, 0) is 13.6 Å². The van der Waals surface area contributed by atoms with Gasteiger partial charge >= 0.3 is 0 Å². The minimum atomic E-state index is 0.729. The van der Waals surface area contributed by atoms with Crippen molar-refractivity contribution in [1.82, 2.24) is 15.1 Å². The van der Waals surface area contributed by atoms with Gasteiger partial charge in [0.2, 0.25) is 0 Å². The lowest BCUT2D eigenvalue weighted by Gasteiger charge is -1.94. The van der Waals surface area contributed by atoms with Crippen LogP contribution in [0.4, 0.5) is 0 Å². The van der Waals surface area contributed by atoms with Crippen molar-refractivity contribution in [3.8, 4) is 11.8 Å². The molecule has 0 fully saturated rings. The summed E-state index contributed by atoms with van der Waals surface area (Å²) in [4.78, 5) is 0. The molecule has 1 N–H and O–H groups in total. The highest BCUT2D eigenvalue weighted by molar-refractivity contribution is 5.01. The zero-order valence-electron chi connectivity index (χ0n) is 7.46. The number of aryl methyl sites for hydroxylation is 1. The van der Waals surface area contributed by atoms with Crippen LogP contribution in [0.2, 0.25) is 0 Å². The summed E-state index contributed by atoms with van der Waals surface area (Å²) in [5.74, 6) is 5.75. The molecule has 0 saturated heterocycles. The summed E-state index contributed by atoms with van der Waals surface area (Å²) >= 11 is 0. The third-order valence-corrected chi connectivity index (χ3v) is 1.47. The van der Waals surface area contributed by atoms with Crippen molar-refractivity contribution >= 4 is 0 Å².